The van der Waals surface area contributed by atoms with Crippen LogP contribution in [0, 0.1) is 0 Å². The molecule has 2 saturated heterocycles. The Bertz CT molecular complexity index is 1650. The number of carbonyl (C=O) groups is 2. The topological polar surface area (TPSA) is 105 Å². The molecule has 260 valence electrons. The summed E-state index contributed by atoms with van der Waals surface area (Å²) in [5.41, 5.74) is -2.25. The Labute approximate surface area is 269 Å². The van der Waals surface area contributed by atoms with Crippen molar-refractivity contribution in [3.63, 3.8) is 0 Å². The Balaban J connectivity index is 1.71. The Morgan fingerprint density at radius 3 is 2.38 bits per heavy atom. The maximum Gasteiger partial charge on any atom is 0.416 e. The fourth-order valence-corrected chi connectivity index (χ4v) is 5.09. The molecule has 48 heavy (non-hydrogen) atoms. The first-order chi connectivity index (χ1) is 22.2. The maximum absolute atomic E-state index is 13.7. The first-order valence-electron chi connectivity index (χ1n) is 14.3. The third-order valence-electron chi connectivity index (χ3n) is 7.73. The SMILES string of the molecule is C=C(/C=C(\C=C(/C)C(F)(F)F)C(F)(F)F)[C@H]1OC(=O)N(Cc2nc(N3CC(F)(F)C3)ncc2-c2cc(CCC(=O)O)ccc2OC)[C@H]1C. The second-order valence-electron chi connectivity index (χ2n) is 11.3. The lowest BCUT2D eigenvalue weighted by Crippen LogP contribution is -2.57. The molecule has 2 aliphatic heterocycles. The number of benzene rings is 1. The van der Waals surface area contributed by atoms with Crippen molar-refractivity contribution >= 4 is 18.0 Å². The summed E-state index contributed by atoms with van der Waals surface area (Å²) in [5, 5.41) is 9.12. The van der Waals surface area contributed by atoms with E-state index in [9.17, 15) is 44.7 Å². The monoisotopic (exact) mass is 690 g/mol. The molecular weight excluding hydrogens is 660 g/mol. The average Bonchev–Trinajstić information content (AvgIpc) is 3.25. The lowest BCUT2D eigenvalue weighted by molar-refractivity contribution is -0.137. The minimum absolute atomic E-state index is 0.0731. The number of aromatic nitrogens is 2. The fraction of sp³-hybridized carbons (Fsp3) is 0.419. The highest BCUT2D eigenvalue weighted by Gasteiger charge is 2.46. The van der Waals surface area contributed by atoms with Gasteiger partial charge in [-0.2, -0.15) is 26.3 Å². The zero-order valence-electron chi connectivity index (χ0n) is 25.8. The number of nitrogens with zero attached hydrogens (tertiary/aromatic N) is 4. The summed E-state index contributed by atoms with van der Waals surface area (Å²) in [7, 11) is 1.37. The van der Waals surface area contributed by atoms with Gasteiger partial charge in [0, 0.05) is 29.3 Å². The Morgan fingerprint density at radius 2 is 1.81 bits per heavy atom. The van der Waals surface area contributed by atoms with Gasteiger partial charge < -0.3 is 19.5 Å². The van der Waals surface area contributed by atoms with Gasteiger partial charge in [-0.25, -0.2) is 23.5 Å². The van der Waals surface area contributed by atoms with Crippen molar-refractivity contribution in [3.05, 3.63) is 71.1 Å². The summed E-state index contributed by atoms with van der Waals surface area (Å²) in [6, 6.07) is 3.82. The number of carboxylic acids is 1. The first-order valence-corrected chi connectivity index (χ1v) is 14.3. The summed E-state index contributed by atoms with van der Waals surface area (Å²) < 4.78 is 118. The van der Waals surface area contributed by atoms with Gasteiger partial charge in [0.1, 0.15) is 11.9 Å². The second-order valence-corrected chi connectivity index (χ2v) is 11.3. The number of aliphatic carboxylic acids is 1. The van der Waals surface area contributed by atoms with Crippen molar-refractivity contribution in [2.45, 2.75) is 63.7 Å². The number of allylic oxidation sites excluding steroid dienone is 3. The van der Waals surface area contributed by atoms with Crippen LogP contribution in [0.1, 0.15) is 31.5 Å². The summed E-state index contributed by atoms with van der Waals surface area (Å²) in [6.07, 6.45) is -11.1. The molecular formula is C31H30F8N4O5. The zero-order chi connectivity index (χ0) is 35.8. The smallest absolute Gasteiger partial charge is 0.416 e. The Morgan fingerprint density at radius 1 is 1.15 bits per heavy atom. The van der Waals surface area contributed by atoms with Gasteiger partial charge in [0.15, 0.2) is 0 Å². The van der Waals surface area contributed by atoms with Crippen LogP contribution in [0.3, 0.4) is 0 Å². The van der Waals surface area contributed by atoms with Crippen LogP contribution in [-0.2, 0) is 22.5 Å². The second kappa shape index (κ2) is 13.4. The molecule has 2 aliphatic rings. The molecule has 0 radical (unpaired) electrons. The van der Waals surface area contributed by atoms with Crippen LogP contribution in [0.5, 0.6) is 5.75 Å². The molecule has 1 aromatic carbocycles. The van der Waals surface area contributed by atoms with E-state index in [1.807, 2.05) is 0 Å². The number of alkyl halides is 8. The van der Waals surface area contributed by atoms with Gasteiger partial charge in [-0.05, 0) is 55.7 Å². The van der Waals surface area contributed by atoms with Crippen molar-refractivity contribution in [2.75, 3.05) is 25.1 Å². The van der Waals surface area contributed by atoms with Crippen LogP contribution in [0.15, 0.2) is 59.8 Å². The number of ether oxygens (including phenoxy) is 2. The molecule has 3 heterocycles. The molecule has 2 aromatic rings. The summed E-state index contributed by atoms with van der Waals surface area (Å²) in [5.74, 6) is -3.79. The number of anilines is 1. The quantitative estimate of drug-likeness (QED) is 0.201. The van der Waals surface area contributed by atoms with Gasteiger partial charge in [0.05, 0.1) is 44.1 Å². The molecule has 0 aliphatic carbocycles. The van der Waals surface area contributed by atoms with Crippen molar-refractivity contribution in [1.29, 1.82) is 0 Å². The lowest BCUT2D eigenvalue weighted by atomic mass is 9.98. The van der Waals surface area contributed by atoms with Gasteiger partial charge in [-0.15, -0.1) is 0 Å². The predicted octanol–water partition coefficient (Wildman–Crippen LogP) is 6.89. The third-order valence-corrected chi connectivity index (χ3v) is 7.73. The van der Waals surface area contributed by atoms with Gasteiger partial charge in [-0.1, -0.05) is 12.6 Å². The molecule has 2 fully saturated rings. The number of amides is 1. The summed E-state index contributed by atoms with van der Waals surface area (Å²) >= 11 is 0. The standard InChI is InChI=1S/C31H30F8N4O5/c1-16(9-20(31(37,38)39)10-17(2)30(34,35)36)26-18(3)43(28(46)48-26)13-23-22(12-40-27(41-23)42-14-29(32,33)15-42)21-11-19(6-8-25(44)45)5-7-24(21)47-4/h5,7,9-12,18,26H,1,6,8,13-15H2,2-4H3,(H,44,45)/b17-10+,20-9+/t18-,26+/m0/s1. The van der Waals surface area contributed by atoms with Crippen LogP contribution in [0.4, 0.5) is 45.9 Å². The minimum atomic E-state index is -5.20. The Kier molecular flexibility index (Phi) is 10.1. The third kappa shape index (κ3) is 8.23. The Hall–Kier alpha value is -4.70. The van der Waals surface area contributed by atoms with Crippen LogP contribution in [-0.4, -0.2) is 82.7 Å². The number of cyclic esters (lactones) is 1. The molecule has 1 N–H and O–H groups in total. The predicted molar refractivity (Wildman–Crippen MR) is 156 cm³/mol. The van der Waals surface area contributed by atoms with E-state index in [0.29, 0.717) is 29.9 Å². The van der Waals surface area contributed by atoms with Gasteiger partial charge in [0.25, 0.3) is 5.92 Å². The van der Waals surface area contributed by atoms with Crippen LogP contribution in [0.2, 0.25) is 0 Å². The van der Waals surface area contributed by atoms with E-state index in [0.717, 1.165) is 4.90 Å². The number of halogens is 8. The van der Waals surface area contributed by atoms with Gasteiger partial charge in [0.2, 0.25) is 5.95 Å². The minimum Gasteiger partial charge on any atom is -0.496 e. The maximum atomic E-state index is 13.7. The molecule has 17 heteroatoms. The van der Waals surface area contributed by atoms with E-state index in [4.69, 9.17) is 14.6 Å². The number of hydrogen-bond acceptors (Lipinski definition) is 7. The van der Waals surface area contributed by atoms with Crippen molar-refractivity contribution in [2.24, 2.45) is 0 Å². The fourth-order valence-electron chi connectivity index (χ4n) is 5.09. The van der Waals surface area contributed by atoms with E-state index in [-0.39, 0.29) is 42.7 Å². The highest BCUT2D eigenvalue weighted by molar-refractivity contribution is 5.76. The number of methoxy groups -OCH3 is 1. The van der Waals surface area contributed by atoms with E-state index < -0.39 is 72.3 Å². The largest absolute Gasteiger partial charge is 0.496 e. The number of rotatable bonds is 11. The first kappa shape index (κ1) is 36.1. The van der Waals surface area contributed by atoms with Gasteiger partial charge >= 0.3 is 24.4 Å². The molecule has 9 nitrogen and oxygen atoms in total. The molecule has 0 unspecified atom stereocenters. The van der Waals surface area contributed by atoms with Crippen LogP contribution in [0.25, 0.3) is 11.1 Å². The molecule has 2 atom stereocenters. The van der Waals surface area contributed by atoms with Crippen molar-refractivity contribution in [1.82, 2.24) is 14.9 Å². The van der Waals surface area contributed by atoms with E-state index in [1.54, 1.807) is 18.2 Å². The van der Waals surface area contributed by atoms with Gasteiger partial charge in [-0.3, -0.25) is 9.69 Å². The molecule has 1 amide bonds. The molecule has 4 rings (SSSR count). The zero-order valence-corrected chi connectivity index (χ0v) is 25.8. The highest BCUT2D eigenvalue weighted by atomic mass is 19.4. The number of aryl methyl sites for hydroxylation is 1. The highest BCUT2D eigenvalue weighted by Crippen LogP contribution is 2.38. The molecule has 0 spiro atoms. The lowest BCUT2D eigenvalue weighted by Gasteiger charge is -2.38. The average molecular weight is 691 g/mol. The summed E-state index contributed by atoms with van der Waals surface area (Å²) in [6.45, 7) is 3.73. The van der Waals surface area contributed by atoms with Crippen LogP contribution < -0.4 is 9.64 Å². The van der Waals surface area contributed by atoms with E-state index >= 15 is 0 Å². The van der Waals surface area contributed by atoms with Crippen molar-refractivity contribution in [3.8, 4) is 16.9 Å². The number of carboxylic acid groups (broad SMARTS) is 1. The van der Waals surface area contributed by atoms with Crippen molar-refractivity contribution < 1.29 is 59.3 Å². The molecule has 1 aromatic heterocycles. The van der Waals surface area contributed by atoms with E-state index in [2.05, 4.69) is 16.5 Å². The number of carbonyl (C=O) groups excluding carboxylic acids is 1. The van der Waals surface area contributed by atoms with Crippen LogP contribution >= 0.6 is 0 Å². The van der Waals surface area contributed by atoms with E-state index in [1.165, 1.54) is 25.1 Å². The number of hydrogen-bond donors (Lipinski definition) is 1. The molecule has 0 saturated carbocycles. The summed E-state index contributed by atoms with van der Waals surface area (Å²) in [4.78, 5) is 35.2. The molecule has 0 bridgehead atoms. The normalized spacial score (nSPS) is 20.0.